The fourth-order valence-electron chi connectivity index (χ4n) is 1.04. The van der Waals surface area contributed by atoms with Crippen LogP contribution < -0.4 is 5.43 Å². The average Bonchev–Trinajstić information content (AvgIpc) is 2.15. The molecule has 1 rings (SSSR count). The number of hydrogen-bond acceptors (Lipinski definition) is 4. The number of H-pyrrole nitrogens is 1. The van der Waals surface area contributed by atoms with Crippen molar-refractivity contribution in [3.05, 3.63) is 37.8 Å². The summed E-state index contributed by atoms with van der Waals surface area (Å²) < 4.78 is 24.9. The molecule has 1 aromatic rings. The van der Waals surface area contributed by atoms with Gasteiger partial charge in [0.2, 0.25) is 0 Å². The van der Waals surface area contributed by atoms with Gasteiger partial charge in [-0.05, 0) is 11.6 Å². The predicted molar refractivity (Wildman–Crippen MR) is 48.9 cm³/mol. The number of carbonyl (C=O) groups excluding carboxylic acids is 1. The molecule has 86 valence electrons. The number of nitro groups is 1. The monoisotopic (exact) mass is 252 g/mol. The molecular formula is C7H3ClF2N2O4. The van der Waals surface area contributed by atoms with Gasteiger partial charge >= 0.3 is 5.69 Å². The Hall–Kier alpha value is -1.83. The largest absolute Gasteiger partial charge is 0.351 e. The first-order valence-corrected chi connectivity index (χ1v) is 4.12. The lowest BCUT2D eigenvalue weighted by molar-refractivity contribution is -0.386. The van der Waals surface area contributed by atoms with Crippen molar-refractivity contribution in [2.75, 3.05) is 0 Å². The molecule has 1 heterocycles. The SMILES string of the molecule is O=C(Cl)c1[nH]cc([N+](=O)[O-])c(=O)c1C(F)F. The van der Waals surface area contributed by atoms with Crippen LogP contribution >= 0.6 is 11.6 Å². The van der Waals surface area contributed by atoms with Crippen LogP contribution in [0.1, 0.15) is 22.5 Å². The second kappa shape index (κ2) is 4.35. The second-order valence-corrected chi connectivity index (χ2v) is 2.97. The van der Waals surface area contributed by atoms with Crippen molar-refractivity contribution in [2.45, 2.75) is 6.43 Å². The van der Waals surface area contributed by atoms with E-state index in [-0.39, 0.29) is 0 Å². The zero-order valence-electron chi connectivity index (χ0n) is 7.37. The Bertz CT molecular complexity index is 514. The van der Waals surface area contributed by atoms with E-state index in [1.54, 1.807) is 0 Å². The molecule has 0 saturated heterocycles. The molecule has 9 heteroatoms. The van der Waals surface area contributed by atoms with Gasteiger partial charge in [-0.1, -0.05) is 0 Å². The minimum Gasteiger partial charge on any atom is -0.351 e. The minimum atomic E-state index is -3.33. The molecule has 0 bridgehead atoms. The fraction of sp³-hybridized carbons (Fsp3) is 0.143. The van der Waals surface area contributed by atoms with Crippen molar-refractivity contribution < 1.29 is 18.5 Å². The zero-order valence-corrected chi connectivity index (χ0v) is 8.12. The molecule has 0 unspecified atom stereocenters. The van der Waals surface area contributed by atoms with Crippen LogP contribution in [0.25, 0.3) is 0 Å². The summed E-state index contributed by atoms with van der Waals surface area (Å²) in [4.78, 5) is 33.0. The third-order valence-electron chi connectivity index (χ3n) is 1.71. The van der Waals surface area contributed by atoms with Crippen molar-refractivity contribution in [2.24, 2.45) is 0 Å². The average molecular weight is 253 g/mol. The highest BCUT2D eigenvalue weighted by atomic mass is 35.5. The highest BCUT2D eigenvalue weighted by Crippen LogP contribution is 2.21. The number of nitrogens with zero attached hydrogens (tertiary/aromatic N) is 1. The number of nitrogens with one attached hydrogen (secondary N) is 1. The van der Waals surface area contributed by atoms with Gasteiger partial charge in [-0.3, -0.25) is 19.7 Å². The molecule has 0 amide bonds. The van der Waals surface area contributed by atoms with E-state index in [9.17, 15) is 28.5 Å². The number of pyridine rings is 1. The molecule has 0 radical (unpaired) electrons. The normalized spacial score (nSPS) is 10.5. The molecule has 0 saturated carbocycles. The van der Waals surface area contributed by atoms with Crippen LogP contribution in [0.4, 0.5) is 14.5 Å². The minimum absolute atomic E-state index is 0.545. The number of carbonyl (C=O) groups is 1. The van der Waals surface area contributed by atoms with Crippen LogP contribution in [-0.4, -0.2) is 15.1 Å². The van der Waals surface area contributed by atoms with Crippen LogP contribution in [-0.2, 0) is 0 Å². The molecule has 0 aliphatic carbocycles. The predicted octanol–water partition coefficient (Wildman–Crippen LogP) is 1.60. The molecule has 0 atom stereocenters. The van der Waals surface area contributed by atoms with Crippen molar-refractivity contribution in [1.29, 1.82) is 0 Å². The molecule has 1 N–H and O–H groups in total. The van der Waals surface area contributed by atoms with E-state index < -0.39 is 39.0 Å². The lowest BCUT2D eigenvalue weighted by Crippen LogP contribution is -2.19. The fourth-order valence-corrected chi connectivity index (χ4v) is 1.20. The van der Waals surface area contributed by atoms with Crippen LogP contribution in [0.5, 0.6) is 0 Å². The van der Waals surface area contributed by atoms with Crippen LogP contribution in [0.15, 0.2) is 11.0 Å². The van der Waals surface area contributed by atoms with Crippen molar-refractivity contribution in [3.8, 4) is 0 Å². The number of aromatic amines is 1. The van der Waals surface area contributed by atoms with Gasteiger partial charge in [0.1, 0.15) is 11.3 Å². The Morgan fingerprint density at radius 1 is 1.56 bits per heavy atom. The standard InChI is InChI=1S/C7H3ClF2N2O4/c8-6(14)4-3(7(9)10)5(13)2(1-11-4)12(15)16/h1,7H,(H,11,13). The molecule has 16 heavy (non-hydrogen) atoms. The number of alkyl halides is 2. The first-order valence-electron chi connectivity index (χ1n) is 3.74. The first-order chi connectivity index (χ1) is 7.36. The smallest absolute Gasteiger partial charge is 0.332 e. The number of hydrogen-bond donors (Lipinski definition) is 1. The number of aromatic nitrogens is 1. The third kappa shape index (κ3) is 2.06. The topological polar surface area (TPSA) is 93.1 Å². The van der Waals surface area contributed by atoms with E-state index in [1.165, 1.54) is 0 Å². The quantitative estimate of drug-likeness (QED) is 0.502. The Kier molecular flexibility index (Phi) is 3.33. The van der Waals surface area contributed by atoms with Gasteiger partial charge in [-0.25, -0.2) is 8.78 Å². The maximum Gasteiger partial charge on any atom is 0.332 e. The van der Waals surface area contributed by atoms with Gasteiger partial charge in [0, 0.05) is 0 Å². The molecule has 0 aromatic carbocycles. The molecule has 0 spiro atoms. The van der Waals surface area contributed by atoms with E-state index in [1.807, 2.05) is 4.98 Å². The van der Waals surface area contributed by atoms with Gasteiger partial charge in [0.05, 0.1) is 11.1 Å². The highest BCUT2D eigenvalue weighted by Gasteiger charge is 2.27. The van der Waals surface area contributed by atoms with Crippen molar-refractivity contribution >= 4 is 22.5 Å². The lowest BCUT2D eigenvalue weighted by Gasteiger charge is -2.03. The van der Waals surface area contributed by atoms with E-state index in [4.69, 9.17) is 11.6 Å². The van der Waals surface area contributed by atoms with Crippen LogP contribution in [0, 0.1) is 10.1 Å². The summed E-state index contributed by atoms with van der Waals surface area (Å²) in [6, 6.07) is 0. The molecule has 0 aliphatic rings. The lowest BCUT2D eigenvalue weighted by atomic mass is 10.2. The van der Waals surface area contributed by atoms with E-state index in [0.717, 1.165) is 0 Å². The first kappa shape index (κ1) is 12.2. The van der Waals surface area contributed by atoms with Gasteiger partial charge in [-0.2, -0.15) is 0 Å². The highest BCUT2D eigenvalue weighted by molar-refractivity contribution is 6.67. The summed E-state index contributed by atoms with van der Waals surface area (Å²) >= 11 is 4.94. The van der Waals surface area contributed by atoms with E-state index >= 15 is 0 Å². The van der Waals surface area contributed by atoms with Crippen LogP contribution in [0.3, 0.4) is 0 Å². The summed E-state index contributed by atoms with van der Waals surface area (Å²) in [7, 11) is 0. The second-order valence-electron chi connectivity index (χ2n) is 2.62. The van der Waals surface area contributed by atoms with Gasteiger partial charge in [-0.15, -0.1) is 0 Å². The molecule has 0 aliphatic heterocycles. The number of halogens is 3. The summed E-state index contributed by atoms with van der Waals surface area (Å²) in [5, 5.41) is 8.98. The van der Waals surface area contributed by atoms with Crippen molar-refractivity contribution in [1.82, 2.24) is 4.98 Å². The molecule has 0 fully saturated rings. The Morgan fingerprint density at radius 3 is 2.50 bits per heavy atom. The van der Waals surface area contributed by atoms with Gasteiger partial charge < -0.3 is 4.98 Å². The van der Waals surface area contributed by atoms with Crippen molar-refractivity contribution in [3.63, 3.8) is 0 Å². The van der Waals surface area contributed by atoms with Gasteiger partial charge in [0.15, 0.2) is 0 Å². The molecular weight excluding hydrogens is 250 g/mol. The zero-order chi connectivity index (χ0) is 12.5. The maximum atomic E-state index is 12.4. The summed E-state index contributed by atoms with van der Waals surface area (Å²) in [5.74, 6) is 0. The Morgan fingerprint density at radius 2 is 2.12 bits per heavy atom. The Balaban J connectivity index is 3.61. The van der Waals surface area contributed by atoms with Gasteiger partial charge in [0.25, 0.3) is 17.1 Å². The molecule has 6 nitrogen and oxygen atoms in total. The van der Waals surface area contributed by atoms with E-state index in [2.05, 4.69) is 0 Å². The Labute approximate surface area is 91.0 Å². The van der Waals surface area contributed by atoms with E-state index in [0.29, 0.717) is 6.20 Å². The summed E-state index contributed by atoms with van der Waals surface area (Å²) in [5.41, 5.74) is -4.74. The molecule has 1 aromatic heterocycles. The number of rotatable bonds is 3. The van der Waals surface area contributed by atoms with Crippen LogP contribution in [0.2, 0.25) is 0 Å². The summed E-state index contributed by atoms with van der Waals surface area (Å²) in [6.07, 6.45) is -2.79. The summed E-state index contributed by atoms with van der Waals surface area (Å²) in [6.45, 7) is 0. The third-order valence-corrected chi connectivity index (χ3v) is 1.90. The maximum absolute atomic E-state index is 12.4.